The van der Waals surface area contributed by atoms with Crippen LogP contribution in [0, 0.1) is 11.8 Å². The van der Waals surface area contributed by atoms with Crippen molar-refractivity contribution in [3.8, 4) is 11.5 Å². The Kier molecular flexibility index (Phi) is 7.76. The smallest absolute Gasteiger partial charge is 0.310 e. The van der Waals surface area contributed by atoms with Crippen molar-refractivity contribution in [1.29, 1.82) is 0 Å². The fourth-order valence-corrected chi connectivity index (χ4v) is 4.34. The normalized spacial score (nSPS) is 21.2. The average Bonchev–Trinajstić information content (AvgIpc) is 3.17. The van der Waals surface area contributed by atoms with Gasteiger partial charge in [0.15, 0.2) is 11.5 Å². The van der Waals surface area contributed by atoms with E-state index in [-0.39, 0.29) is 36.0 Å². The van der Waals surface area contributed by atoms with Crippen LogP contribution in [0.2, 0.25) is 0 Å². The van der Waals surface area contributed by atoms with Gasteiger partial charge in [0.1, 0.15) is 0 Å². The first-order chi connectivity index (χ1) is 15.0. The summed E-state index contributed by atoms with van der Waals surface area (Å²) in [6.07, 6.45) is 2.41. The van der Waals surface area contributed by atoms with Crippen LogP contribution in [0.15, 0.2) is 18.2 Å². The number of hydrogen-bond acceptors (Lipinski definition) is 6. The molecule has 2 heterocycles. The van der Waals surface area contributed by atoms with Crippen molar-refractivity contribution >= 4 is 17.8 Å². The van der Waals surface area contributed by atoms with E-state index in [9.17, 15) is 14.4 Å². The van der Waals surface area contributed by atoms with Gasteiger partial charge in [-0.3, -0.25) is 14.4 Å². The summed E-state index contributed by atoms with van der Waals surface area (Å²) in [5, 5.41) is 0. The van der Waals surface area contributed by atoms with Crippen LogP contribution in [0.25, 0.3) is 0 Å². The maximum Gasteiger partial charge on any atom is 0.310 e. The van der Waals surface area contributed by atoms with E-state index < -0.39 is 0 Å². The lowest BCUT2D eigenvalue weighted by Crippen LogP contribution is -2.45. The van der Waals surface area contributed by atoms with Gasteiger partial charge in [-0.15, -0.1) is 0 Å². The van der Waals surface area contributed by atoms with Crippen molar-refractivity contribution in [2.75, 3.05) is 47.0 Å². The molecule has 3 rings (SSSR count). The number of nitrogens with zero attached hydrogens (tertiary/aromatic N) is 2. The molecule has 8 heteroatoms. The zero-order valence-corrected chi connectivity index (χ0v) is 18.6. The number of piperidine rings is 1. The third-order valence-corrected chi connectivity index (χ3v) is 6.04. The summed E-state index contributed by atoms with van der Waals surface area (Å²) >= 11 is 0. The van der Waals surface area contributed by atoms with E-state index in [1.54, 1.807) is 30.9 Å². The van der Waals surface area contributed by atoms with Crippen molar-refractivity contribution in [2.24, 2.45) is 11.8 Å². The fraction of sp³-hybridized carbons (Fsp3) is 0.609. The van der Waals surface area contributed by atoms with E-state index in [1.165, 1.54) is 0 Å². The first-order valence-corrected chi connectivity index (χ1v) is 10.9. The van der Waals surface area contributed by atoms with Crippen LogP contribution < -0.4 is 9.47 Å². The molecule has 170 valence electrons. The SMILES string of the molecule is CCOC(=O)C1CCCN(C(=O)C2CC(=O)N(CCc3ccc(OC)c(OC)c3)C2)C1. The molecule has 2 saturated heterocycles. The number of amides is 2. The van der Waals surface area contributed by atoms with E-state index in [2.05, 4.69) is 0 Å². The molecule has 8 nitrogen and oxygen atoms in total. The first-order valence-electron chi connectivity index (χ1n) is 10.9. The van der Waals surface area contributed by atoms with Crippen LogP contribution in [0.5, 0.6) is 11.5 Å². The van der Waals surface area contributed by atoms with Gasteiger partial charge < -0.3 is 24.0 Å². The maximum absolute atomic E-state index is 13.0. The number of esters is 1. The largest absolute Gasteiger partial charge is 0.493 e. The van der Waals surface area contributed by atoms with Crippen molar-refractivity contribution in [3.05, 3.63) is 23.8 Å². The Morgan fingerprint density at radius 2 is 1.87 bits per heavy atom. The van der Waals surface area contributed by atoms with Gasteiger partial charge in [-0.2, -0.15) is 0 Å². The molecule has 2 atom stereocenters. The molecule has 0 radical (unpaired) electrons. The number of carbonyl (C=O) groups is 3. The second-order valence-electron chi connectivity index (χ2n) is 8.06. The molecule has 0 spiro atoms. The Morgan fingerprint density at radius 3 is 2.58 bits per heavy atom. The molecule has 0 N–H and O–H groups in total. The van der Waals surface area contributed by atoms with Gasteiger partial charge in [-0.05, 0) is 43.9 Å². The Hall–Kier alpha value is -2.77. The molecule has 2 unspecified atom stereocenters. The molecular formula is C23H32N2O6. The summed E-state index contributed by atoms with van der Waals surface area (Å²) < 4.78 is 15.7. The first kappa shape index (κ1) is 22.9. The van der Waals surface area contributed by atoms with E-state index in [0.29, 0.717) is 50.7 Å². The second-order valence-corrected chi connectivity index (χ2v) is 8.06. The lowest BCUT2D eigenvalue weighted by Gasteiger charge is -2.33. The molecule has 0 bridgehead atoms. The number of methoxy groups -OCH3 is 2. The zero-order chi connectivity index (χ0) is 22.4. The van der Waals surface area contributed by atoms with Crippen molar-refractivity contribution in [1.82, 2.24) is 9.80 Å². The van der Waals surface area contributed by atoms with Gasteiger partial charge >= 0.3 is 5.97 Å². The molecule has 1 aromatic carbocycles. The molecule has 2 aliphatic heterocycles. The molecule has 1 aromatic rings. The number of ether oxygens (including phenoxy) is 3. The van der Waals surface area contributed by atoms with Gasteiger partial charge in [0.2, 0.25) is 11.8 Å². The van der Waals surface area contributed by atoms with Crippen LogP contribution in [0.3, 0.4) is 0 Å². The highest BCUT2D eigenvalue weighted by atomic mass is 16.5. The Labute approximate surface area is 183 Å². The molecule has 2 amide bonds. The predicted molar refractivity (Wildman–Crippen MR) is 114 cm³/mol. The Morgan fingerprint density at radius 1 is 1.10 bits per heavy atom. The monoisotopic (exact) mass is 432 g/mol. The number of benzene rings is 1. The Bertz CT molecular complexity index is 811. The predicted octanol–water partition coefficient (Wildman–Crippen LogP) is 1.90. The summed E-state index contributed by atoms with van der Waals surface area (Å²) in [6, 6.07) is 5.71. The number of hydrogen-bond donors (Lipinski definition) is 0. The van der Waals surface area contributed by atoms with Crippen LogP contribution in [0.1, 0.15) is 31.7 Å². The summed E-state index contributed by atoms with van der Waals surface area (Å²) in [5.74, 6) is 0.432. The van der Waals surface area contributed by atoms with E-state index in [1.807, 2.05) is 18.2 Å². The van der Waals surface area contributed by atoms with E-state index >= 15 is 0 Å². The third-order valence-electron chi connectivity index (χ3n) is 6.04. The lowest BCUT2D eigenvalue weighted by atomic mass is 9.96. The molecule has 0 aromatic heterocycles. The maximum atomic E-state index is 13.0. The summed E-state index contributed by atoms with van der Waals surface area (Å²) in [4.78, 5) is 41.1. The lowest BCUT2D eigenvalue weighted by molar-refractivity contribution is -0.152. The molecule has 2 fully saturated rings. The van der Waals surface area contributed by atoms with E-state index in [0.717, 1.165) is 18.4 Å². The number of carbonyl (C=O) groups excluding carboxylic acids is 3. The van der Waals surface area contributed by atoms with Gasteiger partial charge in [-0.25, -0.2) is 0 Å². The third kappa shape index (κ3) is 5.48. The highest BCUT2D eigenvalue weighted by molar-refractivity contribution is 5.89. The number of rotatable bonds is 8. The summed E-state index contributed by atoms with van der Waals surface area (Å²) in [6.45, 7) is 4.11. The van der Waals surface area contributed by atoms with Crippen molar-refractivity contribution < 1.29 is 28.6 Å². The fourth-order valence-electron chi connectivity index (χ4n) is 4.34. The summed E-state index contributed by atoms with van der Waals surface area (Å²) in [7, 11) is 3.18. The highest BCUT2D eigenvalue weighted by Gasteiger charge is 2.38. The molecule has 2 aliphatic rings. The van der Waals surface area contributed by atoms with Crippen LogP contribution in [-0.2, 0) is 25.5 Å². The van der Waals surface area contributed by atoms with Gasteiger partial charge in [0.05, 0.1) is 32.7 Å². The minimum atomic E-state index is -0.348. The standard InChI is InChI=1S/C23H32N2O6/c1-4-31-23(28)17-6-5-10-25(14-17)22(27)18-13-21(26)24(15-18)11-9-16-7-8-19(29-2)20(12-16)30-3/h7-8,12,17-18H,4-6,9-11,13-15H2,1-3H3. The Balaban J connectivity index is 1.55. The molecule has 0 saturated carbocycles. The minimum Gasteiger partial charge on any atom is -0.493 e. The molecule has 31 heavy (non-hydrogen) atoms. The van der Waals surface area contributed by atoms with Crippen LogP contribution in [-0.4, -0.2) is 74.6 Å². The van der Waals surface area contributed by atoms with E-state index in [4.69, 9.17) is 14.2 Å². The molecule has 0 aliphatic carbocycles. The minimum absolute atomic E-state index is 0.00206. The van der Waals surface area contributed by atoms with Gasteiger partial charge in [-0.1, -0.05) is 6.07 Å². The topological polar surface area (TPSA) is 85.4 Å². The quantitative estimate of drug-likeness (QED) is 0.584. The second kappa shape index (κ2) is 10.5. The summed E-state index contributed by atoms with van der Waals surface area (Å²) in [5.41, 5.74) is 1.04. The van der Waals surface area contributed by atoms with Gasteiger partial charge in [0.25, 0.3) is 0 Å². The van der Waals surface area contributed by atoms with Crippen molar-refractivity contribution in [3.63, 3.8) is 0 Å². The number of likely N-dealkylation sites (tertiary alicyclic amines) is 2. The van der Waals surface area contributed by atoms with Gasteiger partial charge in [0, 0.05) is 32.6 Å². The van der Waals surface area contributed by atoms with Crippen LogP contribution in [0.4, 0.5) is 0 Å². The van der Waals surface area contributed by atoms with Crippen molar-refractivity contribution in [2.45, 2.75) is 32.6 Å². The highest BCUT2D eigenvalue weighted by Crippen LogP contribution is 2.29. The van der Waals surface area contributed by atoms with Crippen LogP contribution >= 0.6 is 0 Å². The average molecular weight is 433 g/mol. The zero-order valence-electron chi connectivity index (χ0n) is 18.6. The molecular weight excluding hydrogens is 400 g/mol.